The lowest BCUT2D eigenvalue weighted by Gasteiger charge is -2.18. The van der Waals surface area contributed by atoms with E-state index in [1.54, 1.807) is 14.0 Å². The molecule has 6 nitrogen and oxygen atoms in total. The monoisotopic (exact) mass is 221 g/mol. The van der Waals surface area contributed by atoms with Gasteiger partial charge in [0.15, 0.2) is 5.82 Å². The SMILES string of the molecule is C#CCC(N)C(=O)N(C)Cc1n[nH]c(C)n1. The van der Waals surface area contributed by atoms with Gasteiger partial charge in [0.1, 0.15) is 5.82 Å². The summed E-state index contributed by atoms with van der Waals surface area (Å²) < 4.78 is 0. The van der Waals surface area contributed by atoms with E-state index >= 15 is 0 Å². The van der Waals surface area contributed by atoms with Crippen LogP contribution < -0.4 is 5.73 Å². The minimum absolute atomic E-state index is 0.208. The van der Waals surface area contributed by atoms with Crippen molar-refractivity contribution in [2.45, 2.75) is 25.9 Å². The minimum atomic E-state index is -0.657. The van der Waals surface area contributed by atoms with E-state index in [0.29, 0.717) is 18.2 Å². The number of hydrogen-bond acceptors (Lipinski definition) is 4. The van der Waals surface area contributed by atoms with E-state index in [-0.39, 0.29) is 12.3 Å². The van der Waals surface area contributed by atoms with Gasteiger partial charge in [0.2, 0.25) is 5.91 Å². The molecular weight excluding hydrogens is 206 g/mol. The van der Waals surface area contributed by atoms with E-state index < -0.39 is 6.04 Å². The van der Waals surface area contributed by atoms with Crippen LogP contribution in [-0.4, -0.2) is 39.1 Å². The number of H-pyrrole nitrogens is 1. The van der Waals surface area contributed by atoms with Crippen LogP contribution in [0.25, 0.3) is 0 Å². The van der Waals surface area contributed by atoms with Gasteiger partial charge in [-0.2, -0.15) is 5.10 Å². The van der Waals surface area contributed by atoms with Crippen molar-refractivity contribution in [1.29, 1.82) is 0 Å². The van der Waals surface area contributed by atoms with Crippen molar-refractivity contribution in [3.05, 3.63) is 11.6 Å². The zero-order valence-electron chi connectivity index (χ0n) is 9.40. The first-order chi connectivity index (χ1) is 7.54. The van der Waals surface area contributed by atoms with Crippen LogP contribution in [0.15, 0.2) is 0 Å². The van der Waals surface area contributed by atoms with Crippen LogP contribution in [0.1, 0.15) is 18.1 Å². The minimum Gasteiger partial charge on any atom is -0.337 e. The lowest BCUT2D eigenvalue weighted by atomic mass is 10.2. The molecule has 16 heavy (non-hydrogen) atoms. The number of amides is 1. The Hall–Kier alpha value is -1.87. The van der Waals surface area contributed by atoms with Crippen LogP contribution in [0.2, 0.25) is 0 Å². The molecule has 1 rings (SSSR count). The fourth-order valence-electron chi connectivity index (χ4n) is 1.25. The van der Waals surface area contributed by atoms with Gasteiger partial charge < -0.3 is 10.6 Å². The van der Waals surface area contributed by atoms with E-state index in [1.807, 2.05) is 0 Å². The number of aryl methyl sites for hydroxylation is 1. The third kappa shape index (κ3) is 3.07. The van der Waals surface area contributed by atoms with Crippen molar-refractivity contribution in [2.24, 2.45) is 5.73 Å². The van der Waals surface area contributed by atoms with Gasteiger partial charge in [0, 0.05) is 13.5 Å². The number of carbonyl (C=O) groups is 1. The number of terminal acetylenes is 1. The zero-order chi connectivity index (χ0) is 12.1. The summed E-state index contributed by atoms with van der Waals surface area (Å²) in [5.41, 5.74) is 5.61. The van der Waals surface area contributed by atoms with Crippen molar-refractivity contribution in [1.82, 2.24) is 20.1 Å². The highest BCUT2D eigenvalue weighted by Gasteiger charge is 2.18. The Labute approximate surface area is 94.2 Å². The second kappa shape index (κ2) is 5.28. The average molecular weight is 221 g/mol. The fraction of sp³-hybridized carbons (Fsp3) is 0.500. The Balaban J connectivity index is 2.55. The molecular formula is C10H15N5O. The molecule has 0 radical (unpaired) electrons. The Morgan fingerprint density at radius 1 is 1.75 bits per heavy atom. The van der Waals surface area contributed by atoms with Crippen molar-refractivity contribution >= 4 is 5.91 Å². The summed E-state index contributed by atoms with van der Waals surface area (Å²) in [6.07, 6.45) is 5.33. The summed E-state index contributed by atoms with van der Waals surface area (Å²) >= 11 is 0. The number of nitrogens with zero attached hydrogens (tertiary/aromatic N) is 3. The number of carbonyl (C=O) groups excluding carboxylic acids is 1. The predicted octanol–water partition coefficient (Wildman–Crippen LogP) is -0.578. The number of rotatable bonds is 4. The number of nitrogens with one attached hydrogen (secondary N) is 1. The van der Waals surface area contributed by atoms with Gasteiger partial charge in [-0.05, 0) is 6.92 Å². The number of likely N-dealkylation sites (N-methyl/N-ethyl adjacent to an activating group) is 1. The number of nitrogens with two attached hydrogens (primary N) is 1. The van der Waals surface area contributed by atoms with Gasteiger partial charge in [0.25, 0.3) is 0 Å². The first-order valence-corrected chi connectivity index (χ1v) is 4.86. The maximum Gasteiger partial charge on any atom is 0.240 e. The Morgan fingerprint density at radius 3 is 2.94 bits per heavy atom. The molecule has 1 unspecified atom stereocenters. The highest BCUT2D eigenvalue weighted by atomic mass is 16.2. The highest BCUT2D eigenvalue weighted by molar-refractivity contribution is 5.81. The predicted molar refractivity (Wildman–Crippen MR) is 59.0 cm³/mol. The second-order valence-electron chi connectivity index (χ2n) is 3.55. The molecule has 0 saturated carbocycles. The zero-order valence-corrected chi connectivity index (χ0v) is 9.40. The van der Waals surface area contributed by atoms with Crippen LogP contribution in [0.5, 0.6) is 0 Å². The maximum atomic E-state index is 11.7. The van der Waals surface area contributed by atoms with Crippen LogP contribution in [0.4, 0.5) is 0 Å². The van der Waals surface area contributed by atoms with E-state index in [2.05, 4.69) is 21.1 Å². The average Bonchev–Trinajstić information content (AvgIpc) is 2.63. The van der Waals surface area contributed by atoms with Crippen molar-refractivity contribution in [3.8, 4) is 12.3 Å². The number of hydrogen-bond donors (Lipinski definition) is 2. The summed E-state index contributed by atoms with van der Waals surface area (Å²) in [5.74, 6) is 3.42. The first kappa shape index (κ1) is 12.2. The lowest BCUT2D eigenvalue weighted by molar-refractivity contribution is -0.131. The molecule has 1 aromatic heterocycles. The largest absolute Gasteiger partial charge is 0.337 e. The van der Waals surface area contributed by atoms with E-state index in [1.165, 1.54) is 4.90 Å². The molecule has 0 aliphatic rings. The van der Waals surface area contributed by atoms with Crippen LogP contribution in [0, 0.1) is 19.3 Å². The third-order valence-corrected chi connectivity index (χ3v) is 2.05. The number of aromatic nitrogens is 3. The van der Waals surface area contributed by atoms with Gasteiger partial charge in [-0.3, -0.25) is 9.89 Å². The van der Waals surface area contributed by atoms with E-state index in [0.717, 1.165) is 0 Å². The van der Waals surface area contributed by atoms with E-state index in [9.17, 15) is 4.79 Å². The summed E-state index contributed by atoms with van der Waals surface area (Å²) in [5, 5.41) is 6.64. The molecule has 0 aliphatic heterocycles. The molecule has 1 heterocycles. The highest BCUT2D eigenvalue weighted by Crippen LogP contribution is 2.00. The molecule has 1 amide bonds. The maximum absolute atomic E-state index is 11.7. The fourth-order valence-corrected chi connectivity index (χ4v) is 1.25. The quantitative estimate of drug-likeness (QED) is 0.666. The van der Waals surface area contributed by atoms with Crippen LogP contribution in [0.3, 0.4) is 0 Å². The molecule has 0 aliphatic carbocycles. The molecule has 6 heteroatoms. The van der Waals surface area contributed by atoms with Crippen LogP contribution >= 0.6 is 0 Å². The molecule has 86 valence electrons. The molecule has 1 aromatic rings. The first-order valence-electron chi connectivity index (χ1n) is 4.86. The normalized spacial score (nSPS) is 11.9. The Kier molecular flexibility index (Phi) is 4.03. The van der Waals surface area contributed by atoms with Crippen molar-refractivity contribution in [3.63, 3.8) is 0 Å². The number of aromatic amines is 1. The summed E-state index contributed by atoms with van der Waals surface area (Å²) in [7, 11) is 1.64. The molecule has 0 aromatic carbocycles. The lowest BCUT2D eigenvalue weighted by Crippen LogP contribution is -2.41. The summed E-state index contributed by atoms with van der Waals surface area (Å²) in [6, 6.07) is -0.657. The summed E-state index contributed by atoms with van der Waals surface area (Å²) in [4.78, 5) is 17.2. The van der Waals surface area contributed by atoms with Crippen molar-refractivity contribution < 1.29 is 4.79 Å². The Bertz CT molecular complexity index is 406. The standard InChI is InChI=1S/C10H15N5O/c1-4-5-8(11)10(16)15(3)6-9-12-7(2)13-14-9/h1,8H,5-6,11H2,2-3H3,(H,12,13,14). The van der Waals surface area contributed by atoms with Gasteiger partial charge in [0.05, 0.1) is 12.6 Å². The second-order valence-corrected chi connectivity index (χ2v) is 3.55. The topological polar surface area (TPSA) is 87.9 Å². The molecule has 0 saturated heterocycles. The molecule has 0 bridgehead atoms. The molecule has 0 fully saturated rings. The Morgan fingerprint density at radius 2 is 2.44 bits per heavy atom. The molecule has 1 atom stereocenters. The van der Waals surface area contributed by atoms with Crippen molar-refractivity contribution in [2.75, 3.05) is 7.05 Å². The van der Waals surface area contributed by atoms with Gasteiger partial charge in [-0.1, -0.05) is 0 Å². The van der Waals surface area contributed by atoms with Crippen LogP contribution in [-0.2, 0) is 11.3 Å². The third-order valence-electron chi connectivity index (χ3n) is 2.05. The van der Waals surface area contributed by atoms with E-state index in [4.69, 9.17) is 12.2 Å². The smallest absolute Gasteiger partial charge is 0.240 e. The van der Waals surface area contributed by atoms with Gasteiger partial charge in [-0.25, -0.2) is 4.98 Å². The molecule has 0 spiro atoms. The molecule has 3 N–H and O–H groups in total. The van der Waals surface area contributed by atoms with Gasteiger partial charge >= 0.3 is 0 Å². The van der Waals surface area contributed by atoms with Gasteiger partial charge in [-0.15, -0.1) is 12.3 Å². The summed E-state index contributed by atoms with van der Waals surface area (Å²) in [6.45, 7) is 2.11.